The monoisotopic (exact) mass is 186 g/mol. The molecule has 0 aliphatic carbocycles. The predicted octanol–water partition coefficient (Wildman–Crippen LogP) is 0.955. The van der Waals surface area contributed by atoms with Crippen molar-refractivity contribution in [3.05, 3.63) is 0 Å². The minimum Gasteiger partial charge on any atom is -0.396 e. The summed E-state index contributed by atoms with van der Waals surface area (Å²) in [6.07, 6.45) is 4.13. The van der Waals surface area contributed by atoms with E-state index >= 15 is 0 Å². The summed E-state index contributed by atoms with van der Waals surface area (Å²) in [6.45, 7) is 2.75. The van der Waals surface area contributed by atoms with Gasteiger partial charge in [0.2, 0.25) is 0 Å². The minimum absolute atomic E-state index is 0.0120. The fourth-order valence-corrected chi connectivity index (χ4v) is 2.42. The Kier molecular flexibility index (Phi) is 2.86. The summed E-state index contributed by atoms with van der Waals surface area (Å²) in [6, 6.07) is 0. The molecule has 2 saturated heterocycles. The highest BCUT2D eigenvalue weighted by atomic mass is 16.6. The Bertz CT molecular complexity index is 162. The van der Waals surface area contributed by atoms with Gasteiger partial charge in [-0.3, -0.25) is 0 Å². The highest BCUT2D eigenvalue weighted by Crippen LogP contribution is 2.36. The van der Waals surface area contributed by atoms with Gasteiger partial charge in [0.15, 0.2) is 0 Å². The molecule has 1 spiro atoms. The van der Waals surface area contributed by atoms with Crippen molar-refractivity contribution in [1.82, 2.24) is 0 Å². The molecule has 2 unspecified atom stereocenters. The van der Waals surface area contributed by atoms with Gasteiger partial charge in [0.1, 0.15) is 0 Å². The molecule has 0 aromatic heterocycles. The first-order valence-electron chi connectivity index (χ1n) is 5.17. The molecule has 2 aliphatic rings. The van der Waals surface area contributed by atoms with E-state index in [-0.39, 0.29) is 5.60 Å². The van der Waals surface area contributed by atoms with Gasteiger partial charge < -0.3 is 14.6 Å². The van der Waals surface area contributed by atoms with E-state index in [4.69, 9.17) is 14.6 Å². The minimum atomic E-state index is 0.0120. The average molecular weight is 186 g/mol. The van der Waals surface area contributed by atoms with Crippen molar-refractivity contribution in [2.45, 2.75) is 31.3 Å². The zero-order valence-corrected chi connectivity index (χ0v) is 8.00. The average Bonchev–Trinajstić information content (AvgIpc) is 2.54. The summed E-state index contributed by atoms with van der Waals surface area (Å²) >= 11 is 0. The molecular formula is C10H18O3. The van der Waals surface area contributed by atoms with E-state index in [1.54, 1.807) is 0 Å². The van der Waals surface area contributed by atoms with Crippen LogP contribution in [-0.2, 0) is 9.47 Å². The summed E-state index contributed by atoms with van der Waals surface area (Å²) in [4.78, 5) is 0. The first-order chi connectivity index (χ1) is 6.35. The van der Waals surface area contributed by atoms with Gasteiger partial charge in [0.25, 0.3) is 0 Å². The Morgan fingerprint density at radius 2 is 2.31 bits per heavy atom. The van der Waals surface area contributed by atoms with Crippen LogP contribution >= 0.6 is 0 Å². The van der Waals surface area contributed by atoms with Gasteiger partial charge in [-0.15, -0.1) is 0 Å². The third-order valence-electron chi connectivity index (χ3n) is 3.20. The SMILES string of the molecule is OCCC1CCOC2(CCOC2)C1. The number of aliphatic hydroxyl groups excluding tert-OH is 1. The maximum Gasteiger partial charge on any atom is 0.0939 e. The van der Waals surface area contributed by atoms with Crippen LogP contribution in [0, 0.1) is 5.92 Å². The molecule has 0 radical (unpaired) electrons. The molecule has 2 fully saturated rings. The standard InChI is InChI=1S/C10H18O3/c11-4-1-9-2-5-13-10(7-9)3-6-12-8-10/h9,11H,1-8H2. The molecule has 3 nitrogen and oxygen atoms in total. The van der Waals surface area contributed by atoms with Gasteiger partial charge in [-0.2, -0.15) is 0 Å². The topological polar surface area (TPSA) is 38.7 Å². The van der Waals surface area contributed by atoms with Crippen molar-refractivity contribution in [3.8, 4) is 0 Å². The maximum atomic E-state index is 8.88. The second kappa shape index (κ2) is 3.95. The van der Waals surface area contributed by atoms with E-state index in [9.17, 15) is 0 Å². The lowest BCUT2D eigenvalue weighted by molar-refractivity contribution is -0.100. The van der Waals surface area contributed by atoms with Gasteiger partial charge in [-0.1, -0.05) is 0 Å². The Labute approximate surface area is 79.0 Å². The van der Waals surface area contributed by atoms with E-state index < -0.39 is 0 Å². The Balaban J connectivity index is 1.90. The molecule has 2 rings (SSSR count). The summed E-state index contributed by atoms with van der Waals surface area (Å²) in [7, 11) is 0. The highest BCUT2D eigenvalue weighted by molar-refractivity contribution is 4.90. The molecule has 13 heavy (non-hydrogen) atoms. The molecule has 2 heterocycles. The van der Waals surface area contributed by atoms with Gasteiger partial charge in [0, 0.05) is 26.2 Å². The zero-order valence-electron chi connectivity index (χ0n) is 8.00. The quantitative estimate of drug-likeness (QED) is 0.698. The second-order valence-electron chi connectivity index (χ2n) is 4.21. The molecule has 0 bridgehead atoms. The predicted molar refractivity (Wildman–Crippen MR) is 48.5 cm³/mol. The van der Waals surface area contributed by atoms with Crippen LogP contribution in [0.3, 0.4) is 0 Å². The van der Waals surface area contributed by atoms with Crippen LogP contribution in [0.2, 0.25) is 0 Å². The molecule has 2 atom stereocenters. The van der Waals surface area contributed by atoms with Crippen LogP contribution < -0.4 is 0 Å². The van der Waals surface area contributed by atoms with Crippen molar-refractivity contribution >= 4 is 0 Å². The van der Waals surface area contributed by atoms with Gasteiger partial charge in [-0.05, 0) is 25.2 Å². The molecule has 0 saturated carbocycles. The van der Waals surface area contributed by atoms with Crippen molar-refractivity contribution in [2.75, 3.05) is 26.4 Å². The molecule has 0 aromatic carbocycles. The first kappa shape index (κ1) is 9.44. The molecule has 0 amide bonds. The van der Waals surface area contributed by atoms with E-state index in [1.807, 2.05) is 0 Å². The van der Waals surface area contributed by atoms with Crippen LogP contribution in [0.25, 0.3) is 0 Å². The number of ether oxygens (including phenoxy) is 2. The fourth-order valence-electron chi connectivity index (χ4n) is 2.42. The van der Waals surface area contributed by atoms with E-state index in [0.29, 0.717) is 12.5 Å². The van der Waals surface area contributed by atoms with Crippen molar-refractivity contribution in [1.29, 1.82) is 0 Å². The number of hydrogen-bond acceptors (Lipinski definition) is 3. The van der Waals surface area contributed by atoms with Crippen molar-refractivity contribution in [3.63, 3.8) is 0 Å². The van der Waals surface area contributed by atoms with E-state index in [2.05, 4.69) is 0 Å². The van der Waals surface area contributed by atoms with Crippen LogP contribution in [0.4, 0.5) is 0 Å². The fraction of sp³-hybridized carbons (Fsp3) is 1.00. The Morgan fingerprint density at radius 1 is 1.38 bits per heavy atom. The summed E-state index contributed by atoms with van der Waals surface area (Å²) in [5.74, 6) is 0.639. The lowest BCUT2D eigenvalue weighted by atomic mass is 9.84. The molecule has 3 heteroatoms. The lowest BCUT2D eigenvalue weighted by Gasteiger charge is -2.36. The van der Waals surface area contributed by atoms with Crippen LogP contribution in [0.1, 0.15) is 25.7 Å². The number of hydrogen-bond donors (Lipinski definition) is 1. The Morgan fingerprint density at radius 3 is 3.00 bits per heavy atom. The molecule has 76 valence electrons. The third-order valence-corrected chi connectivity index (χ3v) is 3.20. The molecule has 1 N–H and O–H groups in total. The van der Waals surface area contributed by atoms with E-state index in [0.717, 1.165) is 45.5 Å². The molecule has 2 aliphatic heterocycles. The number of rotatable bonds is 2. The molecule has 0 aromatic rings. The van der Waals surface area contributed by atoms with E-state index in [1.165, 1.54) is 0 Å². The van der Waals surface area contributed by atoms with Crippen LogP contribution in [-0.4, -0.2) is 37.1 Å². The summed E-state index contributed by atoms with van der Waals surface area (Å²) < 4.78 is 11.2. The van der Waals surface area contributed by atoms with Gasteiger partial charge >= 0.3 is 0 Å². The number of aliphatic hydroxyl groups is 1. The normalized spacial score (nSPS) is 39.9. The maximum absolute atomic E-state index is 8.88. The van der Waals surface area contributed by atoms with Crippen molar-refractivity contribution < 1.29 is 14.6 Å². The Hall–Kier alpha value is -0.120. The second-order valence-corrected chi connectivity index (χ2v) is 4.21. The van der Waals surface area contributed by atoms with Crippen LogP contribution in [0.5, 0.6) is 0 Å². The smallest absolute Gasteiger partial charge is 0.0939 e. The summed E-state index contributed by atoms with van der Waals surface area (Å²) in [5, 5.41) is 8.88. The molecular weight excluding hydrogens is 168 g/mol. The largest absolute Gasteiger partial charge is 0.396 e. The highest BCUT2D eigenvalue weighted by Gasteiger charge is 2.40. The van der Waals surface area contributed by atoms with Crippen molar-refractivity contribution in [2.24, 2.45) is 5.92 Å². The lowest BCUT2D eigenvalue weighted by Crippen LogP contribution is -2.40. The zero-order chi connectivity index (χ0) is 9.15. The van der Waals surface area contributed by atoms with Crippen LogP contribution in [0.15, 0.2) is 0 Å². The van der Waals surface area contributed by atoms with Gasteiger partial charge in [0.05, 0.1) is 12.2 Å². The first-order valence-corrected chi connectivity index (χ1v) is 5.17. The third kappa shape index (κ3) is 2.03. The summed E-state index contributed by atoms with van der Waals surface area (Å²) in [5.41, 5.74) is 0.0120. The van der Waals surface area contributed by atoms with Gasteiger partial charge in [-0.25, -0.2) is 0 Å².